The number of halogens is 4. The van der Waals surface area contributed by atoms with Crippen molar-refractivity contribution in [2.24, 2.45) is 11.1 Å². The number of Topliss-reactive ketones (excluding diaryl/α,β-unsaturated/α-hetero) is 1. The molecule has 3 aromatic rings. The van der Waals surface area contributed by atoms with Crippen molar-refractivity contribution in [1.29, 1.82) is 5.26 Å². The zero-order valence-corrected chi connectivity index (χ0v) is 26.0. The Bertz CT molecular complexity index is 1770. The molecule has 0 saturated heterocycles. The van der Waals surface area contributed by atoms with Crippen LogP contribution >= 0.6 is 11.6 Å². The van der Waals surface area contributed by atoms with E-state index in [0.717, 1.165) is 39.9 Å². The van der Waals surface area contributed by atoms with Crippen molar-refractivity contribution >= 4 is 23.1 Å². The summed E-state index contributed by atoms with van der Waals surface area (Å²) in [5.74, 6) is -0.0654. The molecule has 1 aliphatic carbocycles. The first kappa shape index (κ1) is 31.2. The maximum Gasteiger partial charge on any atom is 0.416 e. The number of alkyl halides is 3. The maximum atomic E-state index is 14.0. The van der Waals surface area contributed by atoms with Gasteiger partial charge in [-0.2, -0.15) is 18.4 Å². The lowest BCUT2D eigenvalue weighted by atomic mass is 9.68. The molecular formula is C35H33ClF3N3O2. The summed E-state index contributed by atoms with van der Waals surface area (Å²) < 4.78 is 46.2. The van der Waals surface area contributed by atoms with Crippen molar-refractivity contribution in [2.45, 2.75) is 66.2 Å². The summed E-state index contributed by atoms with van der Waals surface area (Å²) in [5, 5.41) is 11.1. The number of nitriles is 1. The fraction of sp³-hybridized carbons (Fsp3) is 0.314. The van der Waals surface area contributed by atoms with Crippen LogP contribution in [0.15, 0.2) is 77.3 Å². The van der Waals surface area contributed by atoms with Crippen LogP contribution in [0.4, 0.5) is 18.9 Å². The number of aryl methyl sites for hydroxylation is 2. The van der Waals surface area contributed by atoms with Crippen molar-refractivity contribution < 1.29 is 22.7 Å². The van der Waals surface area contributed by atoms with Gasteiger partial charge >= 0.3 is 6.18 Å². The zero-order chi connectivity index (χ0) is 32.1. The summed E-state index contributed by atoms with van der Waals surface area (Å²) in [4.78, 5) is 15.6. The topological polar surface area (TPSA) is 79.3 Å². The average molecular weight is 620 g/mol. The Morgan fingerprint density at radius 1 is 1.07 bits per heavy atom. The maximum absolute atomic E-state index is 14.0. The molecule has 0 aromatic heterocycles. The largest absolute Gasteiger partial charge is 0.489 e. The van der Waals surface area contributed by atoms with Gasteiger partial charge in [0.25, 0.3) is 0 Å². The van der Waals surface area contributed by atoms with Gasteiger partial charge in [0.15, 0.2) is 5.78 Å². The SMILES string of the molecule is Cc1cc(COc2ccc(Cl)cc2C)c(C)c(C2C(C#N)=C(N)N(c3ccc(C(F)(F)F)cc3)C3=C2C(=O)CC(C)(C)C3)c1. The summed E-state index contributed by atoms with van der Waals surface area (Å²) in [5.41, 5.74) is 11.4. The van der Waals surface area contributed by atoms with Gasteiger partial charge in [0.2, 0.25) is 0 Å². The van der Waals surface area contributed by atoms with E-state index in [1.807, 2.05) is 58.9 Å². The van der Waals surface area contributed by atoms with Crippen molar-refractivity contribution in [3.63, 3.8) is 0 Å². The molecule has 0 spiro atoms. The lowest BCUT2D eigenvalue weighted by Crippen LogP contribution is -2.42. The van der Waals surface area contributed by atoms with E-state index in [4.69, 9.17) is 22.1 Å². The van der Waals surface area contributed by atoms with Crippen LogP contribution in [-0.2, 0) is 17.6 Å². The Balaban J connectivity index is 1.65. The summed E-state index contributed by atoms with van der Waals surface area (Å²) in [6.07, 6.45) is -3.80. The highest BCUT2D eigenvalue weighted by Crippen LogP contribution is 2.51. The second-order valence-corrected chi connectivity index (χ2v) is 12.8. The number of benzene rings is 3. The summed E-state index contributed by atoms with van der Waals surface area (Å²) in [7, 11) is 0. The van der Waals surface area contributed by atoms with Gasteiger partial charge in [-0.3, -0.25) is 9.69 Å². The van der Waals surface area contributed by atoms with Gasteiger partial charge < -0.3 is 10.5 Å². The minimum atomic E-state index is -4.51. The average Bonchev–Trinajstić information content (AvgIpc) is 2.92. The van der Waals surface area contributed by atoms with Crippen molar-refractivity contribution in [1.82, 2.24) is 0 Å². The first-order valence-electron chi connectivity index (χ1n) is 14.2. The Morgan fingerprint density at radius 3 is 2.36 bits per heavy atom. The van der Waals surface area contributed by atoms with Crippen molar-refractivity contribution in [3.8, 4) is 11.8 Å². The number of hydrogen-bond acceptors (Lipinski definition) is 5. The van der Waals surface area contributed by atoms with Crippen LogP contribution in [0, 0.1) is 37.5 Å². The predicted octanol–water partition coefficient (Wildman–Crippen LogP) is 8.80. The van der Waals surface area contributed by atoms with Crippen LogP contribution < -0.4 is 15.4 Å². The third-order valence-electron chi connectivity index (χ3n) is 8.36. The third-order valence-corrected chi connectivity index (χ3v) is 8.60. The van der Waals surface area contributed by atoms with E-state index in [0.29, 0.717) is 34.2 Å². The third kappa shape index (κ3) is 5.81. The lowest BCUT2D eigenvalue weighted by molar-refractivity contribution is -0.137. The monoisotopic (exact) mass is 619 g/mol. The molecule has 0 saturated carbocycles. The van der Waals surface area contributed by atoms with E-state index in [-0.39, 0.29) is 30.2 Å². The molecule has 5 nitrogen and oxygen atoms in total. The van der Waals surface area contributed by atoms with Gasteiger partial charge in [0.05, 0.1) is 23.1 Å². The molecule has 3 aromatic carbocycles. The first-order chi connectivity index (χ1) is 20.6. The van der Waals surface area contributed by atoms with Gasteiger partial charge in [0, 0.05) is 28.4 Å². The summed E-state index contributed by atoms with van der Waals surface area (Å²) in [6.45, 7) is 9.99. The first-order valence-corrected chi connectivity index (χ1v) is 14.6. The number of ether oxygens (including phenoxy) is 1. The van der Waals surface area contributed by atoms with Crippen LogP contribution in [-0.4, -0.2) is 5.78 Å². The fourth-order valence-electron chi connectivity index (χ4n) is 6.26. The normalized spacial score (nSPS) is 18.3. The molecule has 0 fully saturated rings. The van der Waals surface area contributed by atoms with Gasteiger partial charge in [-0.1, -0.05) is 43.1 Å². The van der Waals surface area contributed by atoms with E-state index in [9.17, 15) is 23.2 Å². The van der Waals surface area contributed by atoms with Gasteiger partial charge in [-0.15, -0.1) is 0 Å². The number of hydrogen-bond donors (Lipinski definition) is 1. The minimum absolute atomic E-state index is 0.0944. The van der Waals surface area contributed by atoms with E-state index in [1.54, 1.807) is 11.0 Å². The van der Waals surface area contributed by atoms with Gasteiger partial charge in [-0.05, 0) is 97.3 Å². The van der Waals surface area contributed by atoms with Crippen LogP contribution in [0.5, 0.6) is 5.75 Å². The lowest BCUT2D eigenvalue weighted by Gasteiger charge is -2.44. The summed E-state index contributed by atoms with van der Waals surface area (Å²) >= 11 is 6.11. The van der Waals surface area contributed by atoms with Crippen LogP contribution in [0.3, 0.4) is 0 Å². The second-order valence-electron chi connectivity index (χ2n) is 12.4. The number of anilines is 1. The Labute approximate surface area is 260 Å². The number of nitrogens with two attached hydrogens (primary N) is 1. The number of carbonyl (C=O) groups excluding carboxylic acids is 1. The standard InChI is InChI=1S/C35H33ClF3N3O2/c1-19-12-22(18-44-30-11-8-24(36)14-20(30)2)21(3)26(13-19)31-27(17-40)33(41)42(25-9-6-23(7-10-25)35(37,38)39)28-15-34(4,5)16-29(43)32(28)31/h6-14,31H,15-16,18,41H2,1-5H3. The van der Waals surface area contributed by atoms with Gasteiger partial charge in [-0.25, -0.2) is 0 Å². The molecule has 1 atom stereocenters. The van der Waals surface area contributed by atoms with Crippen LogP contribution in [0.2, 0.25) is 5.02 Å². The highest BCUT2D eigenvalue weighted by molar-refractivity contribution is 6.30. The molecule has 0 bridgehead atoms. The molecule has 1 heterocycles. The molecule has 2 aliphatic rings. The number of nitrogens with zero attached hydrogens (tertiary/aromatic N) is 2. The molecule has 0 radical (unpaired) electrons. The van der Waals surface area contributed by atoms with E-state index < -0.39 is 23.1 Å². The molecular weight excluding hydrogens is 587 g/mol. The molecule has 0 amide bonds. The highest BCUT2D eigenvalue weighted by atomic mass is 35.5. The number of ketones is 1. The Morgan fingerprint density at radius 2 is 1.75 bits per heavy atom. The molecule has 1 unspecified atom stereocenters. The van der Waals surface area contributed by atoms with Crippen LogP contribution in [0.25, 0.3) is 0 Å². The Hall–Kier alpha value is -4.22. The predicted molar refractivity (Wildman–Crippen MR) is 165 cm³/mol. The number of allylic oxidation sites excluding steroid dienone is 3. The fourth-order valence-corrected chi connectivity index (χ4v) is 6.48. The minimum Gasteiger partial charge on any atom is -0.489 e. The van der Waals surface area contributed by atoms with Gasteiger partial charge in [0.1, 0.15) is 18.2 Å². The summed E-state index contributed by atoms with van der Waals surface area (Å²) in [6, 6.07) is 16.3. The molecule has 5 rings (SSSR count). The zero-order valence-electron chi connectivity index (χ0n) is 25.2. The van der Waals surface area contributed by atoms with Crippen molar-refractivity contribution in [3.05, 3.63) is 116 Å². The Kier molecular flexibility index (Phi) is 8.06. The van der Waals surface area contributed by atoms with E-state index in [1.165, 1.54) is 12.1 Å². The number of carbonyl (C=O) groups is 1. The number of rotatable bonds is 5. The molecule has 228 valence electrons. The second kappa shape index (κ2) is 11.4. The van der Waals surface area contributed by atoms with E-state index in [2.05, 4.69) is 6.07 Å². The quantitative estimate of drug-likeness (QED) is 0.309. The molecule has 1 aliphatic heterocycles. The highest BCUT2D eigenvalue weighted by Gasteiger charge is 2.45. The smallest absolute Gasteiger partial charge is 0.416 e. The molecule has 44 heavy (non-hydrogen) atoms. The van der Waals surface area contributed by atoms with Crippen molar-refractivity contribution in [2.75, 3.05) is 4.90 Å². The molecule has 9 heteroatoms. The van der Waals surface area contributed by atoms with Crippen LogP contribution in [0.1, 0.15) is 66.0 Å². The van der Waals surface area contributed by atoms with E-state index >= 15 is 0 Å². The molecule has 2 N–H and O–H groups in total.